The summed E-state index contributed by atoms with van der Waals surface area (Å²) >= 11 is 0.948. The number of carbonyl (C=O) groups is 1. The summed E-state index contributed by atoms with van der Waals surface area (Å²) in [4.78, 5) is 14.7. The summed E-state index contributed by atoms with van der Waals surface area (Å²) < 4.78 is 41.9. The fourth-order valence-electron chi connectivity index (χ4n) is 1.31. The first-order valence-electron chi connectivity index (χ1n) is 4.73. The summed E-state index contributed by atoms with van der Waals surface area (Å²) in [6.45, 7) is 0. The second-order valence-electron chi connectivity index (χ2n) is 3.28. The lowest BCUT2D eigenvalue weighted by molar-refractivity contribution is -0.167. The Balaban J connectivity index is 2.34. The van der Waals surface area contributed by atoms with Gasteiger partial charge in [-0.3, -0.25) is 10.1 Å². The molecule has 1 heterocycles. The molecule has 0 saturated carbocycles. The van der Waals surface area contributed by atoms with E-state index in [9.17, 15) is 18.0 Å². The van der Waals surface area contributed by atoms with Crippen LogP contribution in [-0.2, 0) is 4.79 Å². The van der Waals surface area contributed by atoms with E-state index in [1.54, 1.807) is 23.5 Å². The quantitative estimate of drug-likeness (QED) is 0.917. The second kappa shape index (κ2) is 4.45. The lowest BCUT2D eigenvalue weighted by Crippen LogP contribution is -2.29. The van der Waals surface area contributed by atoms with Crippen LogP contribution in [0, 0.1) is 0 Å². The maximum atomic E-state index is 12.1. The molecule has 1 N–H and O–H groups in total. The Morgan fingerprint density at radius 2 is 2.17 bits per heavy atom. The van der Waals surface area contributed by atoms with Crippen LogP contribution < -0.4 is 10.1 Å². The van der Waals surface area contributed by atoms with Gasteiger partial charge in [-0.25, -0.2) is 4.98 Å². The van der Waals surface area contributed by atoms with Gasteiger partial charge in [0, 0.05) is 0 Å². The minimum atomic E-state index is -4.93. The van der Waals surface area contributed by atoms with Crippen LogP contribution >= 0.6 is 11.3 Å². The molecule has 0 aliphatic carbocycles. The number of amides is 1. The summed E-state index contributed by atoms with van der Waals surface area (Å²) in [7, 11) is 1.43. The lowest BCUT2D eigenvalue weighted by Gasteiger charge is -2.03. The Labute approximate surface area is 103 Å². The predicted octanol–water partition coefficient (Wildman–Crippen LogP) is 2.81. The fourth-order valence-corrected chi connectivity index (χ4v) is 2.19. The minimum Gasteiger partial charge on any atom is -0.494 e. The van der Waals surface area contributed by atoms with E-state index in [4.69, 9.17) is 4.74 Å². The number of fused-ring (bicyclic) bond motifs is 1. The zero-order valence-corrected chi connectivity index (χ0v) is 9.85. The van der Waals surface area contributed by atoms with Gasteiger partial charge in [0.05, 0.1) is 11.8 Å². The van der Waals surface area contributed by atoms with Crippen molar-refractivity contribution in [3.05, 3.63) is 18.2 Å². The lowest BCUT2D eigenvalue weighted by atomic mass is 10.3. The highest BCUT2D eigenvalue weighted by Crippen LogP contribution is 2.32. The molecule has 0 radical (unpaired) electrons. The first-order valence-corrected chi connectivity index (χ1v) is 5.55. The molecular weight excluding hydrogens is 269 g/mol. The van der Waals surface area contributed by atoms with Crippen LogP contribution in [0.2, 0.25) is 0 Å². The normalized spacial score (nSPS) is 11.6. The average Bonchev–Trinajstić information content (AvgIpc) is 2.69. The maximum absolute atomic E-state index is 12.1. The van der Waals surface area contributed by atoms with Crippen molar-refractivity contribution in [3.63, 3.8) is 0 Å². The maximum Gasteiger partial charge on any atom is 0.471 e. The number of alkyl halides is 3. The molecule has 0 spiro atoms. The van der Waals surface area contributed by atoms with Crippen molar-refractivity contribution in [1.29, 1.82) is 0 Å². The highest BCUT2D eigenvalue weighted by Gasteiger charge is 2.39. The first-order chi connectivity index (χ1) is 8.41. The first kappa shape index (κ1) is 12.6. The predicted molar refractivity (Wildman–Crippen MR) is 60.9 cm³/mol. The Morgan fingerprint density at radius 1 is 1.44 bits per heavy atom. The number of hydrogen-bond donors (Lipinski definition) is 1. The molecule has 0 aliphatic heterocycles. The number of ether oxygens (including phenoxy) is 1. The van der Waals surface area contributed by atoms with Crippen molar-refractivity contribution in [2.24, 2.45) is 0 Å². The van der Waals surface area contributed by atoms with Gasteiger partial charge >= 0.3 is 12.1 Å². The largest absolute Gasteiger partial charge is 0.494 e. The number of aromatic nitrogens is 1. The van der Waals surface area contributed by atoms with Crippen molar-refractivity contribution in [3.8, 4) is 5.75 Å². The van der Waals surface area contributed by atoms with Gasteiger partial charge in [0.1, 0.15) is 11.3 Å². The van der Waals surface area contributed by atoms with Crippen LogP contribution in [0.4, 0.5) is 18.3 Å². The molecule has 0 unspecified atom stereocenters. The summed E-state index contributed by atoms with van der Waals surface area (Å²) in [5.74, 6) is -1.60. The molecule has 4 nitrogen and oxygen atoms in total. The van der Waals surface area contributed by atoms with Gasteiger partial charge in [-0.15, -0.1) is 0 Å². The number of carbonyl (C=O) groups excluding carboxylic acids is 1. The Bertz CT molecular complexity index is 594. The monoisotopic (exact) mass is 276 g/mol. The summed E-state index contributed by atoms with van der Waals surface area (Å²) in [5.41, 5.74) is 0.419. The van der Waals surface area contributed by atoms with Crippen molar-refractivity contribution >= 4 is 32.6 Å². The van der Waals surface area contributed by atoms with Crippen LogP contribution in [0.15, 0.2) is 18.2 Å². The molecule has 18 heavy (non-hydrogen) atoms. The number of para-hydroxylation sites is 1. The molecule has 0 fully saturated rings. The van der Waals surface area contributed by atoms with Crippen molar-refractivity contribution in [2.75, 3.05) is 12.4 Å². The van der Waals surface area contributed by atoms with Crippen LogP contribution in [0.1, 0.15) is 0 Å². The smallest absolute Gasteiger partial charge is 0.471 e. The highest BCUT2D eigenvalue weighted by molar-refractivity contribution is 7.22. The second-order valence-corrected chi connectivity index (χ2v) is 4.31. The van der Waals surface area contributed by atoms with Crippen molar-refractivity contribution < 1.29 is 22.7 Å². The summed E-state index contributed by atoms with van der Waals surface area (Å²) in [6.07, 6.45) is -4.93. The molecule has 2 aromatic rings. The number of benzene rings is 1. The third kappa shape index (κ3) is 2.37. The van der Waals surface area contributed by atoms with Crippen LogP contribution in [-0.4, -0.2) is 24.2 Å². The minimum absolute atomic E-state index is 0.114. The summed E-state index contributed by atoms with van der Waals surface area (Å²) in [5, 5.41) is 1.60. The molecule has 0 bridgehead atoms. The van der Waals surface area contributed by atoms with E-state index in [1.807, 2.05) is 0 Å². The van der Waals surface area contributed by atoms with E-state index < -0.39 is 12.1 Å². The van der Waals surface area contributed by atoms with Crippen LogP contribution in [0.3, 0.4) is 0 Å². The molecule has 2 rings (SSSR count). The van der Waals surface area contributed by atoms with E-state index in [2.05, 4.69) is 4.98 Å². The topological polar surface area (TPSA) is 51.2 Å². The average molecular weight is 276 g/mol. The number of nitrogens with zero attached hydrogens (tertiary/aromatic N) is 1. The van der Waals surface area contributed by atoms with Crippen LogP contribution in [0.5, 0.6) is 5.75 Å². The van der Waals surface area contributed by atoms with E-state index >= 15 is 0 Å². The van der Waals surface area contributed by atoms with E-state index in [0.717, 1.165) is 11.3 Å². The summed E-state index contributed by atoms with van der Waals surface area (Å²) in [6, 6.07) is 5.00. The zero-order chi connectivity index (χ0) is 13.3. The molecular formula is C10H7F3N2O2S. The molecule has 96 valence electrons. The third-order valence-electron chi connectivity index (χ3n) is 2.08. The van der Waals surface area contributed by atoms with Gasteiger partial charge in [0.15, 0.2) is 5.13 Å². The number of halogens is 3. The molecule has 1 aromatic heterocycles. The molecule has 8 heteroatoms. The van der Waals surface area contributed by atoms with Gasteiger partial charge in [-0.1, -0.05) is 17.4 Å². The number of nitrogens with one attached hydrogen (secondary N) is 1. The van der Waals surface area contributed by atoms with E-state index in [0.29, 0.717) is 16.0 Å². The zero-order valence-electron chi connectivity index (χ0n) is 9.04. The van der Waals surface area contributed by atoms with Gasteiger partial charge in [-0.05, 0) is 12.1 Å². The van der Waals surface area contributed by atoms with E-state index in [-0.39, 0.29) is 5.13 Å². The van der Waals surface area contributed by atoms with Crippen molar-refractivity contribution in [1.82, 2.24) is 4.98 Å². The Kier molecular flexibility index (Phi) is 3.12. The van der Waals surface area contributed by atoms with E-state index in [1.165, 1.54) is 7.11 Å². The van der Waals surface area contributed by atoms with Gasteiger partial charge in [0.2, 0.25) is 0 Å². The molecule has 0 atom stereocenters. The van der Waals surface area contributed by atoms with Crippen molar-refractivity contribution in [2.45, 2.75) is 6.18 Å². The molecule has 1 aromatic carbocycles. The highest BCUT2D eigenvalue weighted by atomic mass is 32.1. The van der Waals surface area contributed by atoms with Gasteiger partial charge < -0.3 is 4.74 Å². The van der Waals surface area contributed by atoms with Gasteiger partial charge in [0.25, 0.3) is 0 Å². The van der Waals surface area contributed by atoms with Crippen LogP contribution in [0.25, 0.3) is 10.2 Å². The third-order valence-corrected chi connectivity index (χ3v) is 3.02. The fraction of sp³-hybridized carbons (Fsp3) is 0.200. The number of rotatable bonds is 2. The number of methoxy groups -OCH3 is 1. The SMILES string of the molecule is COc1cccc2sc(NC(=O)C(F)(F)F)nc12. The number of anilines is 1. The van der Waals surface area contributed by atoms with Gasteiger partial charge in [-0.2, -0.15) is 13.2 Å². The molecule has 0 aliphatic rings. The molecule has 1 amide bonds. The molecule has 0 saturated heterocycles. The number of thiazole rings is 1. The Morgan fingerprint density at radius 3 is 2.78 bits per heavy atom. The number of hydrogen-bond acceptors (Lipinski definition) is 4. The standard InChI is InChI=1S/C10H7F3N2O2S/c1-17-5-3-2-4-6-7(5)14-9(18-6)15-8(16)10(11,12)13/h2-4H,1H3,(H,14,15,16). The Hall–Kier alpha value is -1.83.